The average molecular weight is 326 g/mol. The number of hydrogen-bond acceptors (Lipinski definition) is 4. The third-order valence-electron chi connectivity index (χ3n) is 3.16. The van der Waals surface area contributed by atoms with Gasteiger partial charge in [0.05, 0.1) is 17.4 Å². The predicted molar refractivity (Wildman–Crippen MR) is 86.1 cm³/mol. The number of halogens is 2. The molecule has 0 saturated heterocycles. The second-order valence-electron chi connectivity index (χ2n) is 4.85. The lowest BCUT2D eigenvalue weighted by molar-refractivity contribution is 0.102. The Labute approximate surface area is 136 Å². The van der Waals surface area contributed by atoms with Gasteiger partial charge in [-0.2, -0.15) is 0 Å². The Balaban J connectivity index is 1.71. The minimum absolute atomic E-state index is 0.248. The standard InChI is InChI=1S/C17H12F2N4O/c18-13-4-1-5-14(19)16(13)23-15-7-6-12(10-21-15)22-17(24)11-3-2-8-20-9-11/h1-10H,(H,21,23)(H,22,24). The van der Waals surface area contributed by atoms with Gasteiger partial charge < -0.3 is 10.6 Å². The first-order valence-corrected chi connectivity index (χ1v) is 7.02. The molecule has 24 heavy (non-hydrogen) atoms. The molecule has 0 spiro atoms. The van der Waals surface area contributed by atoms with Crippen LogP contribution in [0.1, 0.15) is 10.4 Å². The van der Waals surface area contributed by atoms with Gasteiger partial charge in [0.1, 0.15) is 23.1 Å². The van der Waals surface area contributed by atoms with Gasteiger partial charge in [-0.05, 0) is 36.4 Å². The third-order valence-corrected chi connectivity index (χ3v) is 3.16. The summed E-state index contributed by atoms with van der Waals surface area (Å²) in [7, 11) is 0. The van der Waals surface area contributed by atoms with Gasteiger partial charge in [-0.1, -0.05) is 6.07 Å². The number of carbonyl (C=O) groups excluding carboxylic acids is 1. The Morgan fingerprint density at radius 2 is 1.75 bits per heavy atom. The van der Waals surface area contributed by atoms with Crippen molar-refractivity contribution in [1.29, 1.82) is 0 Å². The van der Waals surface area contributed by atoms with Gasteiger partial charge in [0.2, 0.25) is 0 Å². The van der Waals surface area contributed by atoms with E-state index in [2.05, 4.69) is 20.6 Å². The molecule has 1 amide bonds. The number of aromatic nitrogens is 2. The highest BCUT2D eigenvalue weighted by molar-refractivity contribution is 6.03. The van der Waals surface area contributed by atoms with Crippen molar-refractivity contribution in [2.24, 2.45) is 0 Å². The number of anilines is 3. The summed E-state index contributed by atoms with van der Waals surface area (Å²) < 4.78 is 27.2. The number of hydrogen-bond donors (Lipinski definition) is 2. The first-order valence-electron chi connectivity index (χ1n) is 7.02. The number of rotatable bonds is 4. The van der Waals surface area contributed by atoms with Gasteiger partial charge in [0, 0.05) is 12.4 Å². The largest absolute Gasteiger partial charge is 0.335 e. The van der Waals surface area contributed by atoms with E-state index in [0.29, 0.717) is 11.3 Å². The van der Waals surface area contributed by atoms with E-state index >= 15 is 0 Å². The summed E-state index contributed by atoms with van der Waals surface area (Å²) in [5.41, 5.74) is 0.577. The topological polar surface area (TPSA) is 66.9 Å². The number of para-hydroxylation sites is 1. The summed E-state index contributed by atoms with van der Waals surface area (Å²) >= 11 is 0. The summed E-state index contributed by atoms with van der Waals surface area (Å²) in [5.74, 6) is -1.51. The molecule has 2 aromatic heterocycles. The Kier molecular flexibility index (Phi) is 4.42. The lowest BCUT2D eigenvalue weighted by Crippen LogP contribution is -2.12. The van der Waals surface area contributed by atoms with E-state index in [-0.39, 0.29) is 17.4 Å². The van der Waals surface area contributed by atoms with E-state index in [4.69, 9.17) is 0 Å². The highest BCUT2D eigenvalue weighted by atomic mass is 19.1. The molecule has 0 aliphatic carbocycles. The molecule has 0 saturated carbocycles. The normalized spacial score (nSPS) is 10.2. The summed E-state index contributed by atoms with van der Waals surface area (Å²) in [6.07, 6.45) is 4.40. The Hall–Kier alpha value is -3.35. The maximum absolute atomic E-state index is 13.6. The minimum atomic E-state index is -0.717. The Bertz CT molecular complexity index is 834. The van der Waals surface area contributed by atoms with Crippen LogP contribution >= 0.6 is 0 Å². The zero-order chi connectivity index (χ0) is 16.9. The fourth-order valence-corrected chi connectivity index (χ4v) is 1.99. The van der Waals surface area contributed by atoms with Crippen molar-refractivity contribution < 1.29 is 13.6 Å². The molecular formula is C17H12F2N4O. The van der Waals surface area contributed by atoms with Crippen molar-refractivity contribution in [1.82, 2.24) is 9.97 Å². The summed E-state index contributed by atoms with van der Waals surface area (Å²) in [4.78, 5) is 19.9. The van der Waals surface area contributed by atoms with Gasteiger partial charge in [0.25, 0.3) is 5.91 Å². The molecule has 0 bridgehead atoms. The molecule has 2 heterocycles. The quantitative estimate of drug-likeness (QED) is 0.766. The fourth-order valence-electron chi connectivity index (χ4n) is 1.99. The van der Waals surface area contributed by atoms with Crippen LogP contribution in [0.2, 0.25) is 0 Å². The first-order chi connectivity index (χ1) is 11.6. The zero-order valence-electron chi connectivity index (χ0n) is 12.3. The van der Waals surface area contributed by atoms with Crippen molar-refractivity contribution in [2.45, 2.75) is 0 Å². The molecule has 0 unspecified atom stereocenters. The second-order valence-corrected chi connectivity index (χ2v) is 4.85. The Morgan fingerprint density at radius 3 is 2.38 bits per heavy atom. The van der Waals surface area contributed by atoms with Gasteiger partial charge in [-0.25, -0.2) is 13.8 Å². The molecule has 5 nitrogen and oxygen atoms in total. The van der Waals surface area contributed by atoms with Crippen LogP contribution < -0.4 is 10.6 Å². The molecular weight excluding hydrogens is 314 g/mol. The van der Waals surface area contributed by atoms with Crippen molar-refractivity contribution in [3.63, 3.8) is 0 Å². The van der Waals surface area contributed by atoms with Crippen molar-refractivity contribution >= 4 is 23.1 Å². The van der Waals surface area contributed by atoms with E-state index in [9.17, 15) is 13.6 Å². The smallest absolute Gasteiger partial charge is 0.257 e. The van der Waals surface area contributed by atoms with Gasteiger partial charge >= 0.3 is 0 Å². The van der Waals surface area contributed by atoms with E-state index < -0.39 is 11.6 Å². The van der Waals surface area contributed by atoms with Crippen LogP contribution in [0.15, 0.2) is 61.1 Å². The second kappa shape index (κ2) is 6.82. The highest BCUT2D eigenvalue weighted by Crippen LogP contribution is 2.22. The minimum Gasteiger partial charge on any atom is -0.335 e. The lowest BCUT2D eigenvalue weighted by atomic mass is 10.2. The van der Waals surface area contributed by atoms with E-state index in [1.807, 2.05) is 0 Å². The van der Waals surface area contributed by atoms with Crippen LogP contribution in [0.5, 0.6) is 0 Å². The third kappa shape index (κ3) is 3.52. The van der Waals surface area contributed by atoms with E-state index in [1.165, 1.54) is 24.5 Å². The molecule has 0 atom stereocenters. The maximum atomic E-state index is 13.6. The summed E-state index contributed by atoms with van der Waals surface area (Å²) in [5, 5.41) is 5.22. The lowest BCUT2D eigenvalue weighted by Gasteiger charge is -2.09. The fraction of sp³-hybridized carbons (Fsp3) is 0. The molecule has 3 rings (SSSR count). The molecule has 0 fully saturated rings. The van der Waals surface area contributed by atoms with Crippen LogP contribution in [-0.2, 0) is 0 Å². The van der Waals surface area contributed by atoms with Crippen molar-refractivity contribution in [3.05, 3.63) is 78.3 Å². The summed E-state index contributed by atoms with van der Waals surface area (Å²) in [6.45, 7) is 0. The maximum Gasteiger partial charge on any atom is 0.257 e. The zero-order valence-corrected chi connectivity index (χ0v) is 12.3. The number of benzene rings is 1. The molecule has 2 N–H and O–H groups in total. The van der Waals surface area contributed by atoms with Gasteiger partial charge in [-0.3, -0.25) is 9.78 Å². The number of carbonyl (C=O) groups is 1. The molecule has 1 aromatic carbocycles. The van der Waals surface area contributed by atoms with Crippen LogP contribution in [0, 0.1) is 11.6 Å². The predicted octanol–water partition coefficient (Wildman–Crippen LogP) is 3.75. The molecule has 7 heteroatoms. The average Bonchev–Trinajstić information content (AvgIpc) is 2.60. The van der Waals surface area contributed by atoms with Crippen LogP contribution in [0.25, 0.3) is 0 Å². The SMILES string of the molecule is O=C(Nc1ccc(Nc2c(F)cccc2F)nc1)c1cccnc1. The highest BCUT2D eigenvalue weighted by Gasteiger charge is 2.10. The number of amides is 1. The molecule has 0 aliphatic rings. The van der Waals surface area contributed by atoms with E-state index in [0.717, 1.165) is 12.1 Å². The molecule has 0 aliphatic heterocycles. The van der Waals surface area contributed by atoms with Crippen LogP contribution in [0.3, 0.4) is 0 Å². The summed E-state index contributed by atoms with van der Waals surface area (Å²) in [6, 6.07) is 9.94. The molecule has 3 aromatic rings. The van der Waals surface area contributed by atoms with E-state index in [1.54, 1.807) is 24.4 Å². The monoisotopic (exact) mass is 326 g/mol. The number of nitrogens with one attached hydrogen (secondary N) is 2. The first kappa shape index (κ1) is 15.5. The van der Waals surface area contributed by atoms with Crippen molar-refractivity contribution in [3.8, 4) is 0 Å². The number of nitrogens with zero attached hydrogens (tertiary/aromatic N) is 2. The molecule has 0 radical (unpaired) electrons. The van der Waals surface area contributed by atoms with Gasteiger partial charge in [0.15, 0.2) is 0 Å². The Morgan fingerprint density at radius 1 is 0.958 bits per heavy atom. The van der Waals surface area contributed by atoms with Crippen LogP contribution in [-0.4, -0.2) is 15.9 Å². The van der Waals surface area contributed by atoms with Gasteiger partial charge in [-0.15, -0.1) is 0 Å². The van der Waals surface area contributed by atoms with Crippen LogP contribution in [0.4, 0.5) is 26.0 Å². The number of pyridine rings is 2. The van der Waals surface area contributed by atoms with Crippen molar-refractivity contribution in [2.75, 3.05) is 10.6 Å². The molecule has 120 valence electrons.